The molecular weight excluding hydrogens is 584 g/mol. The van der Waals surface area contributed by atoms with Crippen molar-refractivity contribution < 1.29 is 0 Å². The maximum atomic E-state index is 3.61. The van der Waals surface area contributed by atoms with Crippen molar-refractivity contribution in [2.75, 3.05) is 5.33 Å². The molecule has 0 saturated heterocycles. The third-order valence-electron chi connectivity index (χ3n) is 8.87. The van der Waals surface area contributed by atoms with Crippen LogP contribution < -0.4 is 0 Å². The van der Waals surface area contributed by atoms with E-state index in [1.807, 2.05) is 0 Å². The zero-order chi connectivity index (χ0) is 31.2. The van der Waals surface area contributed by atoms with E-state index in [0.717, 1.165) is 18.8 Å². The normalized spacial score (nSPS) is 13.1. The average Bonchev–Trinajstić information content (AvgIpc) is 3.02. The minimum absolute atomic E-state index is 0.993. The molecule has 0 rings (SSSR count). The van der Waals surface area contributed by atoms with Crippen LogP contribution in [0.4, 0.5) is 0 Å². The second-order valence-electron chi connectivity index (χ2n) is 13.2. The van der Waals surface area contributed by atoms with Crippen LogP contribution in [0.15, 0.2) is 48.6 Å². The fourth-order valence-corrected chi connectivity index (χ4v) is 6.38. The molecule has 0 aliphatic rings. The van der Waals surface area contributed by atoms with E-state index in [4.69, 9.17) is 0 Å². The van der Waals surface area contributed by atoms with Crippen LogP contribution in [0, 0.1) is 5.92 Å². The number of halogens is 1. The fraction of sp³-hybridized carbons (Fsp3) is 0.810. The monoisotopic (exact) mass is 661 g/mol. The summed E-state index contributed by atoms with van der Waals surface area (Å²) in [6, 6.07) is 0. The summed E-state index contributed by atoms with van der Waals surface area (Å²) in [7, 11) is 0. The van der Waals surface area contributed by atoms with Gasteiger partial charge in [-0.15, -0.1) is 0 Å². The molecule has 0 heterocycles. The Bertz CT molecular complexity index is 564. The molecule has 0 atom stereocenters. The molecule has 0 aromatic carbocycles. The van der Waals surface area contributed by atoms with Crippen LogP contribution in [0.3, 0.4) is 0 Å². The molecule has 0 aromatic heterocycles. The third kappa shape index (κ3) is 37.5. The standard InChI is InChI=1S/C42H77Br/c1-3-5-7-9-11-13-15-17-19-21-23-25-27-29-31-34-38-42(40-36-33-37-41-43)39-35-32-30-28-26-24-22-20-18-16-14-12-10-8-6-4-2/h11-14,17-20,42H,3-10,15-16,21-41H2,1-2H3. The molecule has 0 aliphatic carbocycles. The smallest absolute Gasteiger partial charge is 0.00313 e. The zero-order valence-corrected chi connectivity index (χ0v) is 31.1. The van der Waals surface area contributed by atoms with Gasteiger partial charge >= 0.3 is 0 Å². The van der Waals surface area contributed by atoms with E-state index in [2.05, 4.69) is 78.4 Å². The lowest BCUT2D eigenvalue weighted by atomic mass is 9.89. The van der Waals surface area contributed by atoms with E-state index in [9.17, 15) is 0 Å². The summed E-state index contributed by atoms with van der Waals surface area (Å²) in [5, 5.41) is 1.18. The maximum absolute atomic E-state index is 3.61. The van der Waals surface area contributed by atoms with E-state index < -0.39 is 0 Å². The van der Waals surface area contributed by atoms with Gasteiger partial charge in [0, 0.05) is 5.33 Å². The first-order valence-electron chi connectivity index (χ1n) is 19.5. The van der Waals surface area contributed by atoms with Crippen LogP contribution in [-0.4, -0.2) is 5.33 Å². The van der Waals surface area contributed by atoms with Gasteiger partial charge in [0.1, 0.15) is 0 Å². The second kappa shape index (κ2) is 39.5. The van der Waals surface area contributed by atoms with Crippen molar-refractivity contribution in [1.29, 1.82) is 0 Å². The lowest BCUT2D eigenvalue weighted by molar-refractivity contribution is 0.368. The predicted molar refractivity (Wildman–Crippen MR) is 204 cm³/mol. The summed E-state index contributed by atoms with van der Waals surface area (Å²) < 4.78 is 0. The molecule has 43 heavy (non-hydrogen) atoms. The van der Waals surface area contributed by atoms with E-state index in [1.165, 1.54) is 185 Å². The molecule has 0 bridgehead atoms. The molecule has 252 valence electrons. The van der Waals surface area contributed by atoms with Crippen molar-refractivity contribution in [2.45, 2.75) is 206 Å². The summed E-state index contributed by atoms with van der Waals surface area (Å²) in [4.78, 5) is 0. The van der Waals surface area contributed by atoms with Gasteiger partial charge in [-0.1, -0.05) is 200 Å². The SMILES string of the molecule is CCCCCC=CCC=CCCCCCCCCC(CCCCCBr)CCCCCCCCC=CCC=CCCCCC. The van der Waals surface area contributed by atoms with Crippen molar-refractivity contribution in [3.63, 3.8) is 0 Å². The molecule has 0 saturated carbocycles. The Balaban J connectivity index is 3.76. The molecule has 0 aromatic rings. The zero-order valence-electron chi connectivity index (χ0n) is 29.5. The molecule has 0 radical (unpaired) electrons. The van der Waals surface area contributed by atoms with Crippen molar-refractivity contribution in [2.24, 2.45) is 5.92 Å². The van der Waals surface area contributed by atoms with Crippen molar-refractivity contribution >= 4 is 15.9 Å². The number of hydrogen-bond donors (Lipinski definition) is 0. The Hall–Kier alpha value is -0.560. The Morgan fingerprint density at radius 3 is 1.00 bits per heavy atom. The highest BCUT2D eigenvalue weighted by molar-refractivity contribution is 9.09. The molecular formula is C42H77Br. The van der Waals surface area contributed by atoms with E-state index in [-0.39, 0.29) is 0 Å². The number of alkyl halides is 1. The second-order valence-corrected chi connectivity index (χ2v) is 13.9. The van der Waals surface area contributed by atoms with Gasteiger partial charge in [-0.3, -0.25) is 0 Å². The molecule has 0 nitrogen and oxygen atoms in total. The number of unbranched alkanes of at least 4 members (excludes halogenated alkanes) is 20. The predicted octanol–water partition coefficient (Wildman–Crippen LogP) is 16.0. The topological polar surface area (TPSA) is 0 Å². The molecule has 0 unspecified atom stereocenters. The van der Waals surface area contributed by atoms with Gasteiger partial charge < -0.3 is 0 Å². The first kappa shape index (κ1) is 42.4. The van der Waals surface area contributed by atoms with Gasteiger partial charge in [-0.25, -0.2) is 0 Å². The number of hydrogen-bond acceptors (Lipinski definition) is 0. The first-order valence-corrected chi connectivity index (χ1v) is 20.6. The molecule has 0 spiro atoms. The van der Waals surface area contributed by atoms with Crippen LogP contribution in [0.25, 0.3) is 0 Å². The minimum atomic E-state index is 0.993. The number of allylic oxidation sites excluding steroid dienone is 8. The average molecular weight is 662 g/mol. The molecule has 0 fully saturated rings. The summed E-state index contributed by atoms with van der Waals surface area (Å²) in [5.41, 5.74) is 0. The highest BCUT2D eigenvalue weighted by Crippen LogP contribution is 2.24. The van der Waals surface area contributed by atoms with Crippen molar-refractivity contribution in [1.82, 2.24) is 0 Å². The Kier molecular flexibility index (Phi) is 39.0. The van der Waals surface area contributed by atoms with Gasteiger partial charge in [-0.2, -0.15) is 0 Å². The van der Waals surface area contributed by atoms with Gasteiger partial charge in [0.05, 0.1) is 0 Å². The van der Waals surface area contributed by atoms with Crippen LogP contribution in [-0.2, 0) is 0 Å². The highest BCUT2D eigenvalue weighted by Gasteiger charge is 2.08. The first-order chi connectivity index (χ1) is 21.3. The number of rotatable bonds is 35. The Morgan fingerprint density at radius 2 is 0.651 bits per heavy atom. The summed E-state index contributed by atoms with van der Waals surface area (Å²) in [6.45, 7) is 4.55. The van der Waals surface area contributed by atoms with Crippen LogP contribution in [0.5, 0.6) is 0 Å². The van der Waals surface area contributed by atoms with E-state index in [1.54, 1.807) is 0 Å². The van der Waals surface area contributed by atoms with Gasteiger partial charge in [0.15, 0.2) is 0 Å². The third-order valence-corrected chi connectivity index (χ3v) is 9.43. The molecule has 1 heteroatoms. The van der Waals surface area contributed by atoms with E-state index >= 15 is 0 Å². The van der Waals surface area contributed by atoms with Crippen molar-refractivity contribution in [3.8, 4) is 0 Å². The van der Waals surface area contributed by atoms with Gasteiger partial charge in [0.25, 0.3) is 0 Å². The Labute approximate surface area is 281 Å². The highest BCUT2D eigenvalue weighted by atomic mass is 79.9. The van der Waals surface area contributed by atoms with Crippen LogP contribution >= 0.6 is 15.9 Å². The summed E-state index contributed by atoms with van der Waals surface area (Å²) in [6.07, 6.45) is 60.2. The fourth-order valence-electron chi connectivity index (χ4n) is 5.98. The molecule has 0 aliphatic heterocycles. The largest absolute Gasteiger partial charge is 0.0928 e. The maximum Gasteiger partial charge on any atom is 0.00313 e. The van der Waals surface area contributed by atoms with Crippen LogP contribution in [0.2, 0.25) is 0 Å². The van der Waals surface area contributed by atoms with Gasteiger partial charge in [-0.05, 0) is 76.5 Å². The van der Waals surface area contributed by atoms with E-state index in [0.29, 0.717) is 0 Å². The molecule has 0 N–H and O–H groups in total. The minimum Gasteiger partial charge on any atom is -0.0928 e. The summed E-state index contributed by atoms with van der Waals surface area (Å²) in [5.74, 6) is 0.993. The summed E-state index contributed by atoms with van der Waals surface area (Å²) >= 11 is 3.61. The van der Waals surface area contributed by atoms with Crippen LogP contribution in [0.1, 0.15) is 206 Å². The van der Waals surface area contributed by atoms with Crippen molar-refractivity contribution in [3.05, 3.63) is 48.6 Å². The molecule has 0 amide bonds. The van der Waals surface area contributed by atoms with Gasteiger partial charge in [0.2, 0.25) is 0 Å². The Morgan fingerprint density at radius 1 is 0.349 bits per heavy atom. The quantitative estimate of drug-likeness (QED) is 0.0360. The lowest BCUT2D eigenvalue weighted by Gasteiger charge is -2.17. The lowest BCUT2D eigenvalue weighted by Crippen LogP contribution is -2.01.